The third kappa shape index (κ3) is 7.39. The van der Waals surface area contributed by atoms with Crippen molar-refractivity contribution in [3.8, 4) is 17.2 Å². The molecule has 30 heavy (non-hydrogen) atoms. The predicted octanol–water partition coefficient (Wildman–Crippen LogP) is 6.58. The molecule has 0 aliphatic heterocycles. The summed E-state index contributed by atoms with van der Waals surface area (Å²) in [5.41, 5.74) is 2.28. The van der Waals surface area contributed by atoms with Crippen molar-refractivity contribution in [3.05, 3.63) is 70.0 Å². The highest BCUT2D eigenvalue weighted by molar-refractivity contribution is 7.10. The van der Waals surface area contributed by atoms with Crippen LogP contribution >= 0.6 is 11.3 Å². The monoisotopic (exact) mass is 428 g/mol. The van der Waals surface area contributed by atoms with Crippen molar-refractivity contribution in [3.63, 3.8) is 0 Å². The highest BCUT2D eigenvalue weighted by Crippen LogP contribution is 2.38. The quantitative estimate of drug-likeness (QED) is 0.306. The van der Waals surface area contributed by atoms with Crippen LogP contribution in [0.15, 0.2) is 59.5 Å². The summed E-state index contributed by atoms with van der Waals surface area (Å²) in [5, 5.41) is 12.2. The molecule has 0 amide bonds. The molecule has 0 fully saturated rings. The summed E-state index contributed by atoms with van der Waals surface area (Å²) in [5.74, 6) is 1.91. The van der Waals surface area contributed by atoms with E-state index in [0.717, 1.165) is 36.1 Å². The molecule has 0 saturated heterocycles. The Hall–Kier alpha value is -2.50. The van der Waals surface area contributed by atoms with E-state index in [1.807, 2.05) is 29.6 Å². The minimum Gasteiger partial charge on any atom is -0.493 e. The molecule has 2 aromatic rings. The van der Waals surface area contributed by atoms with Crippen LogP contribution in [0.2, 0.25) is 0 Å². The smallest absolute Gasteiger partial charge is 0.203 e. The average Bonchev–Trinajstić information content (AvgIpc) is 3.31. The maximum absolute atomic E-state index is 10.2. The summed E-state index contributed by atoms with van der Waals surface area (Å²) >= 11 is 1.61. The largest absolute Gasteiger partial charge is 0.493 e. The van der Waals surface area contributed by atoms with E-state index in [2.05, 4.69) is 37.3 Å². The van der Waals surface area contributed by atoms with Gasteiger partial charge in [0.2, 0.25) is 5.75 Å². The minimum atomic E-state index is -0.363. The van der Waals surface area contributed by atoms with Gasteiger partial charge in [0.1, 0.15) is 0 Å². The van der Waals surface area contributed by atoms with Gasteiger partial charge in [0.05, 0.1) is 27.4 Å². The van der Waals surface area contributed by atoms with E-state index in [0.29, 0.717) is 17.2 Å². The lowest BCUT2D eigenvalue weighted by Crippen LogP contribution is -1.95. The van der Waals surface area contributed by atoms with Gasteiger partial charge < -0.3 is 19.3 Å². The molecule has 0 aliphatic rings. The summed E-state index contributed by atoms with van der Waals surface area (Å²) in [4.78, 5) is 1.04. The van der Waals surface area contributed by atoms with E-state index in [-0.39, 0.29) is 6.10 Å². The molecule has 1 aromatic heterocycles. The number of allylic oxidation sites excluding steroid dienone is 5. The summed E-state index contributed by atoms with van der Waals surface area (Å²) in [6, 6.07) is 7.83. The van der Waals surface area contributed by atoms with E-state index in [9.17, 15) is 5.11 Å². The first-order valence-corrected chi connectivity index (χ1v) is 11.0. The normalized spacial score (nSPS) is 13.2. The Balaban J connectivity index is 1.78. The Labute approximate surface area is 184 Å². The second kappa shape index (κ2) is 12.9. The number of aliphatic hydroxyl groups is 1. The second-order valence-electron chi connectivity index (χ2n) is 6.95. The molecule has 2 rings (SSSR count). The Kier molecular flexibility index (Phi) is 10.3. The molecule has 0 radical (unpaired) electrons. The van der Waals surface area contributed by atoms with E-state index >= 15 is 0 Å². The molecule has 1 unspecified atom stereocenters. The molecule has 4 nitrogen and oxygen atoms in total. The second-order valence-corrected chi connectivity index (χ2v) is 7.93. The number of hydrogen-bond donors (Lipinski definition) is 1. The van der Waals surface area contributed by atoms with Gasteiger partial charge in [-0.05, 0) is 61.7 Å². The van der Waals surface area contributed by atoms with Gasteiger partial charge in [-0.2, -0.15) is 0 Å². The van der Waals surface area contributed by atoms with Gasteiger partial charge in [0.15, 0.2) is 11.5 Å². The standard InChI is InChI=1S/C25H32O4S/c1-19(14-15-21(26)24-13-10-16-30-24)11-8-6-5-7-9-12-20-17-22(27-2)25(29-4)23(18-20)28-3/h6,8-13,16-18,21,26H,5,7,14-15H2,1-4H3/b8-6?,12-9?,19-11-. The van der Waals surface area contributed by atoms with Crippen molar-refractivity contribution >= 4 is 17.4 Å². The summed E-state index contributed by atoms with van der Waals surface area (Å²) in [6.07, 6.45) is 13.8. The van der Waals surface area contributed by atoms with Crippen molar-refractivity contribution in [1.29, 1.82) is 0 Å². The fourth-order valence-corrected chi connectivity index (χ4v) is 3.76. The Bertz CT molecular complexity index is 825. The summed E-state index contributed by atoms with van der Waals surface area (Å²) in [7, 11) is 4.84. The molecule has 1 atom stereocenters. The van der Waals surface area contributed by atoms with Crippen molar-refractivity contribution in [2.24, 2.45) is 0 Å². The minimum absolute atomic E-state index is 0.363. The van der Waals surface area contributed by atoms with Crippen LogP contribution in [0.3, 0.4) is 0 Å². The summed E-state index contributed by atoms with van der Waals surface area (Å²) < 4.78 is 16.1. The van der Waals surface area contributed by atoms with Crippen LogP contribution in [0, 0.1) is 0 Å². The molecular formula is C25H32O4S. The Morgan fingerprint density at radius 3 is 2.37 bits per heavy atom. The number of rotatable bonds is 12. The lowest BCUT2D eigenvalue weighted by Gasteiger charge is -2.12. The van der Waals surface area contributed by atoms with Crippen LogP contribution in [-0.4, -0.2) is 26.4 Å². The maximum atomic E-state index is 10.2. The number of methoxy groups -OCH3 is 3. The molecular weight excluding hydrogens is 396 g/mol. The van der Waals surface area contributed by atoms with Crippen LogP contribution in [0.1, 0.15) is 49.2 Å². The van der Waals surface area contributed by atoms with E-state index in [1.165, 1.54) is 5.57 Å². The molecule has 1 aromatic carbocycles. The SMILES string of the molecule is COc1cc(C=CCCC=C/C=C(/C)CCC(O)c2cccs2)cc(OC)c1OC. The maximum Gasteiger partial charge on any atom is 0.203 e. The fraction of sp³-hybridized carbons (Fsp3) is 0.360. The molecule has 1 N–H and O–H groups in total. The molecule has 1 heterocycles. The zero-order valence-corrected chi connectivity index (χ0v) is 19.1. The van der Waals surface area contributed by atoms with Gasteiger partial charge in [0.25, 0.3) is 0 Å². The molecule has 0 saturated carbocycles. The van der Waals surface area contributed by atoms with Gasteiger partial charge in [-0.1, -0.05) is 42.0 Å². The Morgan fingerprint density at radius 2 is 1.77 bits per heavy atom. The molecule has 0 spiro atoms. The van der Waals surface area contributed by atoms with Crippen molar-refractivity contribution in [1.82, 2.24) is 0 Å². The van der Waals surface area contributed by atoms with Crippen molar-refractivity contribution < 1.29 is 19.3 Å². The number of ether oxygens (including phenoxy) is 3. The Morgan fingerprint density at radius 1 is 1.07 bits per heavy atom. The first-order valence-electron chi connectivity index (χ1n) is 10.1. The van der Waals surface area contributed by atoms with Crippen LogP contribution in [0.4, 0.5) is 0 Å². The highest BCUT2D eigenvalue weighted by atomic mass is 32.1. The molecule has 5 heteroatoms. The average molecular weight is 429 g/mol. The van der Waals surface area contributed by atoms with Crippen LogP contribution in [-0.2, 0) is 0 Å². The third-order valence-corrected chi connectivity index (χ3v) is 5.67. The van der Waals surface area contributed by atoms with Crippen LogP contribution in [0.25, 0.3) is 6.08 Å². The number of benzene rings is 1. The molecule has 0 aliphatic carbocycles. The highest BCUT2D eigenvalue weighted by Gasteiger charge is 2.11. The van der Waals surface area contributed by atoms with Gasteiger partial charge in [-0.15, -0.1) is 11.3 Å². The van der Waals surface area contributed by atoms with Crippen molar-refractivity contribution in [2.75, 3.05) is 21.3 Å². The van der Waals surface area contributed by atoms with Gasteiger partial charge in [-0.3, -0.25) is 0 Å². The zero-order chi connectivity index (χ0) is 21.8. The lowest BCUT2D eigenvalue weighted by atomic mass is 10.1. The summed E-state index contributed by atoms with van der Waals surface area (Å²) in [6.45, 7) is 2.11. The topological polar surface area (TPSA) is 47.9 Å². The van der Waals surface area contributed by atoms with Crippen LogP contribution < -0.4 is 14.2 Å². The first-order chi connectivity index (χ1) is 14.6. The van der Waals surface area contributed by atoms with Gasteiger partial charge >= 0.3 is 0 Å². The first kappa shape index (κ1) is 23.8. The zero-order valence-electron chi connectivity index (χ0n) is 18.3. The number of hydrogen-bond acceptors (Lipinski definition) is 5. The van der Waals surface area contributed by atoms with E-state index in [4.69, 9.17) is 14.2 Å². The molecule has 0 bridgehead atoms. The van der Waals surface area contributed by atoms with Crippen molar-refractivity contribution in [2.45, 2.75) is 38.7 Å². The van der Waals surface area contributed by atoms with E-state index in [1.54, 1.807) is 32.7 Å². The van der Waals surface area contributed by atoms with Crippen LogP contribution in [0.5, 0.6) is 17.2 Å². The van der Waals surface area contributed by atoms with Gasteiger partial charge in [-0.25, -0.2) is 0 Å². The number of unbranched alkanes of at least 4 members (excludes halogenated alkanes) is 1. The lowest BCUT2D eigenvalue weighted by molar-refractivity contribution is 0.171. The fourth-order valence-electron chi connectivity index (χ4n) is 3.01. The van der Waals surface area contributed by atoms with Gasteiger partial charge in [0, 0.05) is 4.88 Å². The number of aliphatic hydroxyl groups excluding tert-OH is 1. The molecule has 162 valence electrons. The number of thiophene rings is 1. The third-order valence-electron chi connectivity index (χ3n) is 4.70. The predicted molar refractivity (Wildman–Crippen MR) is 126 cm³/mol. The van der Waals surface area contributed by atoms with E-state index < -0.39 is 0 Å².